The number of allylic oxidation sites excluding steroid dienone is 1. The molecule has 152 valence electrons. The van der Waals surface area contributed by atoms with Gasteiger partial charge in [0.15, 0.2) is 0 Å². The molecule has 1 aromatic rings. The van der Waals surface area contributed by atoms with E-state index >= 15 is 0 Å². The lowest BCUT2D eigenvalue weighted by atomic mass is 10.0. The molecule has 0 aliphatic rings. The van der Waals surface area contributed by atoms with E-state index in [-0.39, 0.29) is 24.4 Å². The van der Waals surface area contributed by atoms with Crippen molar-refractivity contribution in [1.82, 2.24) is 5.32 Å². The van der Waals surface area contributed by atoms with Gasteiger partial charge >= 0.3 is 5.97 Å². The largest absolute Gasteiger partial charge is 0.467 e. The van der Waals surface area contributed by atoms with E-state index in [1.165, 1.54) is 7.11 Å². The number of methoxy groups -OCH3 is 1. The maximum Gasteiger partial charge on any atom is 0.328 e. The summed E-state index contributed by atoms with van der Waals surface area (Å²) in [4.78, 5) is 24.6. The van der Waals surface area contributed by atoms with Crippen LogP contribution in [0.15, 0.2) is 30.4 Å². The maximum atomic E-state index is 12.7. The summed E-state index contributed by atoms with van der Waals surface area (Å²) < 4.78 is 4.80. The smallest absolute Gasteiger partial charge is 0.328 e. The lowest BCUT2D eigenvalue weighted by Gasteiger charge is -2.17. The fourth-order valence-corrected chi connectivity index (χ4v) is 2.94. The Hall–Kier alpha value is -1.15. The molecule has 5 nitrogen and oxygen atoms in total. The van der Waals surface area contributed by atoms with Gasteiger partial charge in [-0.2, -0.15) is 24.4 Å². The van der Waals surface area contributed by atoms with E-state index in [1.807, 2.05) is 43.5 Å². The van der Waals surface area contributed by atoms with Crippen LogP contribution in [-0.4, -0.2) is 48.8 Å². The van der Waals surface area contributed by atoms with E-state index in [0.717, 1.165) is 16.9 Å². The summed E-state index contributed by atoms with van der Waals surface area (Å²) in [5.74, 6) is 0.653. The minimum Gasteiger partial charge on any atom is -0.467 e. The highest BCUT2D eigenvalue weighted by molar-refractivity contribution is 7.98. The number of nitrogens with two attached hydrogens (primary N) is 1. The van der Waals surface area contributed by atoms with Crippen LogP contribution in [-0.2, 0) is 16.0 Å². The number of hydrogen-bond donors (Lipinski definition) is 3. The number of benzene rings is 1. The predicted octanol–water partition coefficient (Wildman–Crippen LogP) is 2.80. The first-order valence-corrected chi connectivity index (χ1v) is 10.5. The molecule has 8 heteroatoms. The van der Waals surface area contributed by atoms with Crippen LogP contribution in [0.25, 0.3) is 0 Å². The summed E-state index contributed by atoms with van der Waals surface area (Å²) in [6, 6.07) is 5.02. The summed E-state index contributed by atoms with van der Waals surface area (Å²) in [5.41, 5.74) is 8.22. The van der Waals surface area contributed by atoms with Crippen molar-refractivity contribution in [1.29, 1.82) is 0 Å². The average molecular weight is 433 g/mol. The van der Waals surface area contributed by atoms with Crippen LogP contribution in [0, 0.1) is 6.92 Å². The molecule has 0 aromatic heterocycles. The molecular formula is C19H29ClN2O3S2. The lowest BCUT2D eigenvalue weighted by molar-refractivity contribution is -0.142. The number of thiol groups is 1. The normalized spacial score (nSPS) is 12.9. The molecule has 1 amide bonds. The Bertz CT molecular complexity index is 641. The topological polar surface area (TPSA) is 81.4 Å². The maximum absolute atomic E-state index is 12.7. The van der Waals surface area contributed by atoms with Gasteiger partial charge in [0.2, 0.25) is 0 Å². The third-order valence-electron chi connectivity index (χ3n) is 3.90. The zero-order valence-electron chi connectivity index (χ0n) is 15.9. The van der Waals surface area contributed by atoms with Gasteiger partial charge < -0.3 is 15.8 Å². The van der Waals surface area contributed by atoms with E-state index in [4.69, 9.17) is 10.5 Å². The minimum absolute atomic E-state index is 0. The van der Waals surface area contributed by atoms with Gasteiger partial charge in [0, 0.05) is 17.4 Å². The Labute approximate surface area is 177 Å². The van der Waals surface area contributed by atoms with Crippen molar-refractivity contribution in [3.8, 4) is 0 Å². The van der Waals surface area contributed by atoms with Crippen molar-refractivity contribution >= 4 is 48.7 Å². The van der Waals surface area contributed by atoms with Crippen LogP contribution in [0.2, 0.25) is 0 Å². The molecule has 0 fully saturated rings. The van der Waals surface area contributed by atoms with Crippen LogP contribution < -0.4 is 11.1 Å². The standard InChI is InChI=1S/C19H28N2O3S2.ClH/c1-13-7-8-14(5-4-6-15(20)12-25)11-16(13)18(22)21-17(9-10-26-3)19(23)24-2;/h4,6-8,11,15,17,25H,5,9-10,12,20H2,1-3H3,(H,21,22);1H/b6-4+;/t15?,17-;/m0./s1. The van der Waals surface area contributed by atoms with E-state index < -0.39 is 12.0 Å². The molecule has 1 rings (SSSR count). The molecule has 0 saturated carbocycles. The highest BCUT2D eigenvalue weighted by Crippen LogP contribution is 2.14. The monoisotopic (exact) mass is 432 g/mol. The van der Waals surface area contributed by atoms with Crippen LogP contribution in [0.1, 0.15) is 27.9 Å². The first kappa shape index (κ1) is 25.9. The number of amides is 1. The summed E-state index contributed by atoms with van der Waals surface area (Å²) >= 11 is 5.76. The number of thioether (sulfide) groups is 1. The fourth-order valence-electron chi connectivity index (χ4n) is 2.34. The number of ether oxygens (including phenoxy) is 1. The fraction of sp³-hybridized carbons (Fsp3) is 0.474. The second-order valence-electron chi connectivity index (χ2n) is 5.96. The lowest BCUT2D eigenvalue weighted by Crippen LogP contribution is -2.42. The van der Waals surface area contributed by atoms with Gasteiger partial charge in [-0.1, -0.05) is 24.3 Å². The van der Waals surface area contributed by atoms with Crippen molar-refractivity contribution < 1.29 is 14.3 Å². The SMILES string of the molecule is COC(=O)[C@H](CCSC)NC(=O)c1cc(C/C=C/C(N)CS)ccc1C.Cl. The van der Waals surface area contributed by atoms with Gasteiger partial charge in [-0.15, -0.1) is 12.4 Å². The number of halogens is 1. The molecule has 1 aromatic carbocycles. The zero-order chi connectivity index (χ0) is 19.5. The molecule has 1 unspecified atom stereocenters. The van der Waals surface area contributed by atoms with Crippen molar-refractivity contribution in [2.24, 2.45) is 5.73 Å². The van der Waals surface area contributed by atoms with Crippen LogP contribution in [0.5, 0.6) is 0 Å². The van der Waals surface area contributed by atoms with E-state index in [1.54, 1.807) is 11.8 Å². The van der Waals surface area contributed by atoms with Crippen molar-refractivity contribution in [2.45, 2.75) is 31.8 Å². The van der Waals surface area contributed by atoms with E-state index in [2.05, 4.69) is 17.9 Å². The number of carbonyl (C=O) groups is 2. The van der Waals surface area contributed by atoms with Gasteiger partial charge in [-0.3, -0.25) is 4.79 Å². The van der Waals surface area contributed by atoms with Gasteiger partial charge in [0.05, 0.1) is 7.11 Å². The van der Waals surface area contributed by atoms with Crippen molar-refractivity contribution in [3.05, 3.63) is 47.0 Å². The molecule has 2 atom stereocenters. The Kier molecular flexibility index (Phi) is 13.3. The molecular weight excluding hydrogens is 404 g/mol. The molecule has 0 heterocycles. The molecule has 0 aliphatic carbocycles. The third-order valence-corrected chi connectivity index (χ3v) is 4.96. The number of esters is 1. The molecule has 0 bridgehead atoms. The van der Waals surface area contributed by atoms with Crippen molar-refractivity contribution in [3.63, 3.8) is 0 Å². The number of carbonyl (C=O) groups excluding carboxylic acids is 2. The van der Waals surface area contributed by atoms with Gasteiger partial charge in [0.1, 0.15) is 6.04 Å². The zero-order valence-corrected chi connectivity index (χ0v) is 18.5. The molecule has 0 spiro atoms. The quantitative estimate of drug-likeness (QED) is 0.301. The number of aryl methyl sites for hydroxylation is 1. The van der Waals surface area contributed by atoms with Crippen LogP contribution in [0.3, 0.4) is 0 Å². The Morgan fingerprint density at radius 1 is 1.41 bits per heavy atom. The highest BCUT2D eigenvalue weighted by atomic mass is 35.5. The van der Waals surface area contributed by atoms with Gasteiger partial charge in [0.25, 0.3) is 5.91 Å². The first-order chi connectivity index (χ1) is 12.4. The third kappa shape index (κ3) is 9.06. The summed E-state index contributed by atoms with van der Waals surface area (Å²) in [5, 5.41) is 2.80. The average Bonchev–Trinajstić information content (AvgIpc) is 2.65. The second kappa shape index (κ2) is 13.9. The number of nitrogens with one attached hydrogen (secondary N) is 1. The molecule has 0 radical (unpaired) electrons. The Balaban J connectivity index is 0.00000676. The van der Waals surface area contributed by atoms with Crippen molar-refractivity contribution in [2.75, 3.05) is 24.9 Å². The predicted molar refractivity (Wildman–Crippen MR) is 119 cm³/mol. The molecule has 3 N–H and O–H groups in total. The first-order valence-electron chi connectivity index (χ1n) is 8.43. The summed E-state index contributed by atoms with van der Waals surface area (Å²) in [7, 11) is 1.33. The number of hydrogen-bond acceptors (Lipinski definition) is 6. The van der Waals surface area contributed by atoms with Gasteiger partial charge in [-0.05, 0) is 49.0 Å². The molecule has 27 heavy (non-hydrogen) atoms. The Morgan fingerprint density at radius 3 is 2.70 bits per heavy atom. The summed E-state index contributed by atoms with van der Waals surface area (Å²) in [6.45, 7) is 1.88. The molecule has 0 aliphatic heterocycles. The second-order valence-corrected chi connectivity index (χ2v) is 7.31. The van der Waals surface area contributed by atoms with E-state index in [0.29, 0.717) is 24.2 Å². The van der Waals surface area contributed by atoms with Gasteiger partial charge in [-0.25, -0.2) is 4.79 Å². The highest BCUT2D eigenvalue weighted by Gasteiger charge is 2.22. The number of rotatable bonds is 10. The molecule has 0 saturated heterocycles. The van der Waals surface area contributed by atoms with Crippen LogP contribution >= 0.6 is 36.8 Å². The Morgan fingerprint density at radius 2 is 2.11 bits per heavy atom. The van der Waals surface area contributed by atoms with Crippen LogP contribution in [0.4, 0.5) is 0 Å². The summed E-state index contributed by atoms with van der Waals surface area (Å²) in [6.07, 6.45) is 7.04. The minimum atomic E-state index is -0.642. The van der Waals surface area contributed by atoms with E-state index in [9.17, 15) is 9.59 Å².